The van der Waals surface area contributed by atoms with E-state index in [0.29, 0.717) is 23.9 Å². The fraction of sp³-hybridized carbons (Fsp3) is 0.471. The number of aromatic nitrogens is 3. The van der Waals surface area contributed by atoms with Crippen molar-refractivity contribution >= 4 is 27.5 Å². The summed E-state index contributed by atoms with van der Waals surface area (Å²) < 4.78 is 23.4. The third kappa shape index (κ3) is 4.64. The molecule has 140 valence electrons. The SMILES string of the molecule is CCCN(C(=O)CSc1n[nH]c(-c2ccccc2)n1)C1CCS(=O)(=O)C1. The Morgan fingerprint density at radius 3 is 2.77 bits per heavy atom. The van der Waals surface area contributed by atoms with Gasteiger partial charge in [0.2, 0.25) is 11.1 Å². The maximum absolute atomic E-state index is 12.6. The van der Waals surface area contributed by atoms with Gasteiger partial charge in [-0.15, -0.1) is 5.10 Å². The molecule has 0 radical (unpaired) electrons. The van der Waals surface area contributed by atoms with Crippen LogP contribution in [0.4, 0.5) is 0 Å². The van der Waals surface area contributed by atoms with Gasteiger partial charge in [0.25, 0.3) is 0 Å². The molecule has 7 nitrogen and oxygen atoms in total. The molecule has 1 aromatic carbocycles. The van der Waals surface area contributed by atoms with Crippen LogP contribution < -0.4 is 0 Å². The monoisotopic (exact) mass is 394 g/mol. The molecule has 2 aromatic rings. The van der Waals surface area contributed by atoms with Gasteiger partial charge >= 0.3 is 0 Å². The number of benzene rings is 1. The van der Waals surface area contributed by atoms with Crippen molar-refractivity contribution in [3.63, 3.8) is 0 Å². The van der Waals surface area contributed by atoms with Crippen molar-refractivity contribution in [2.24, 2.45) is 0 Å². The highest BCUT2D eigenvalue weighted by molar-refractivity contribution is 7.99. The van der Waals surface area contributed by atoms with Gasteiger partial charge in [-0.25, -0.2) is 13.4 Å². The van der Waals surface area contributed by atoms with Gasteiger partial charge < -0.3 is 4.90 Å². The van der Waals surface area contributed by atoms with Crippen LogP contribution in [0.15, 0.2) is 35.5 Å². The summed E-state index contributed by atoms with van der Waals surface area (Å²) >= 11 is 1.26. The van der Waals surface area contributed by atoms with Gasteiger partial charge in [-0.05, 0) is 12.8 Å². The Morgan fingerprint density at radius 2 is 2.12 bits per heavy atom. The van der Waals surface area contributed by atoms with Crippen molar-refractivity contribution < 1.29 is 13.2 Å². The lowest BCUT2D eigenvalue weighted by Gasteiger charge is -2.27. The normalized spacial score (nSPS) is 18.7. The Balaban J connectivity index is 1.61. The molecule has 1 saturated heterocycles. The first-order valence-corrected chi connectivity index (χ1v) is 11.4. The highest BCUT2D eigenvalue weighted by Gasteiger charge is 2.34. The Labute approximate surface area is 157 Å². The Hall–Kier alpha value is -1.87. The summed E-state index contributed by atoms with van der Waals surface area (Å²) in [6, 6.07) is 9.44. The topological polar surface area (TPSA) is 96.0 Å². The molecule has 0 saturated carbocycles. The number of aromatic amines is 1. The van der Waals surface area contributed by atoms with Crippen LogP contribution in [0, 0.1) is 0 Å². The second-order valence-electron chi connectivity index (χ2n) is 6.27. The zero-order valence-electron chi connectivity index (χ0n) is 14.6. The molecular formula is C17H22N4O3S2. The van der Waals surface area contributed by atoms with Crippen LogP contribution in [0.25, 0.3) is 11.4 Å². The molecule has 1 unspecified atom stereocenters. The van der Waals surface area contributed by atoms with Gasteiger partial charge in [-0.1, -0.05) is 49.0 Å². The van der Waals surface area contributed by atoms with Crippen LogP contribution in [-0.4, -0.2) is 64.3 Å². The molecule has 0 spiro atoms. The molecule has 1 aromatic heterocycles. The summed E-state index contributed by atoms with van der Waals surface area (Å²) in [5.74, 6) is 1.03. The highest BCUT2D eigenvalue weighted by atomic mass is 32.2. The van der Waals surface area contributed by atoms with E-state index >= 15 is 0 Å². The van der Waals surface area contributed by atoms with Crippen LogP contribution >= 0.6 is 11.8 Å². The Bertz CT molecular complexity index is 852. The van der Waals surface area contributed by atoms with Crippen molar-refractivity contribution in [2.45, 2.75) is 31.0 Å². The van der Waals surface area contributed by atoms with Crippen LogP contribution in [0.2, 0.25) is 0 Å². The number of H-pyrrole nitrogens is 1. The first-order chi connectivity index (χ1) is 12.5. The molecule has 1 N–H and O–H groups in total. The summed E-state index contributed by atoms with van der Waals surface area (Å²) in [4.78, 5) is 18.7. The van der Waals surface area contributed by atoms with Gasteiger partial charge in [0, 0.05) is 18.2 Å². The molecular weight excluding hydrogens is 372 g/mol. The van der Waals surface area contributed by atoms with Crippen LogP contribution in [0.1, 0.15) is 19.8 Å². The van der Waals surface area contributed by atoms with E-state index in [0.717, 1.165) is 12.0 Å². The minimum atomic E-state index is -3.02. The molecule has 1 amide bonds. The molecule has 0 aliphatic carbocycles. The average Bonchev–Trinajstić information content (AvgIpc) is 3.24. The maximum atomic E-state index is 12.6. The lowest BCUT2D eigenvalue weighted by atomic mass is 10.2. The van der Waals surface area contributed by atoms with Crippen molar-refractivity contribution in [3.05, 3.63) is 30.3 Å². The Kier molecular flexibility index (Phi) is 5.98. The minimum Gasteiger partial charge on any atom is -0.338 e. The lowest BCUT2D eigenvalue weighted by molar-refractivity contribution is -0.130. The Morgan fingerprint density at radius 1 is 1.35 bits per heavy atom. The molecule has 1 fully saturated rings. The molecule has 1 aliphatic heterocycles. The number of sulfone groups is 1. The third-order valence-electron chi connectivity index (χ3n) is 4.27. The number of nitrogens with one attached hydrogen (secondary N) is 1. The van der Waals surface area contributed by atoms with Crippen molar-refractivity contribution in [1.29, 1.82) is 0 Å². The summed E-state index contributed by atoms with van der Waals surface area (Å²) in [7, 11) is -3.02. The number of hydrogen-bond donors (Lipinski definition) is 1. The van der Waals surface area contributed by atoms with E-state index in [1.54, 1.807) is 4.90 Å². The second-order valence-corrected chi connectivity index (χ2v) is 9.44. The van der Waals surface area contributed by atoms with Crippen molar-refractivity contribution in [1.82, 2.24) is 20.1 Å². The molecule has 0 bridgehead atoms. The van der Waals surface area contributed by atoms with E-state index in [1.165, 1.54) is 11.8 Å². The average molecular weight is 395 g/mol. The van der Waals surface area contributed by atoms with E-state index in [9.17, 15) is 13.2 Å². The smallest absolute Gasteiger partial charge is 0.233 e. The van der Waals surface area contributed by atoms with E-state index in [-0.39, 0.29) is 29.2 Å². The number of amides is 1. The number of carbonyl (C=O) groups is 1. The number of thioether (sulfide) groups is 1. The standard InChI is InChI=1S/C17H22N4O3S2/c1-2-9-21(14-8-10-26(23,24)12-14)15(22)11-25-17-18-16(19-20-17)13-6-4-3-5-7-13/h3-7,14H,2,8-12H2,1H3,(H,18,19,20). The van der Waals surface area contributed by atoms with E-state index in [2.05, 4.69) is 15.2 Å². The van der Waals surface area contributed by atoms with Crippen LogP contribution in [-0.2, 0) is 14.6 Å². The molecule has 2 heterocycles. The van der Waals surface area contributed by atoms with E-state index in [1.807, 2.05) is 37.3 Å². The highest BCUT2D eigenvalue weighted by Crippen LogP contribution is 2.22. The van der Waals surface area contributed by atoms with Gasteiger partial charge in [-0.2, -0.15) is 0 Å². The van der Waals surface area contributed by atoms with Gasteiger partial charge in [-0.3, -0.25) is 9.89 Å². The third-order valence-corrected chi connectivity index (χ3v) is 6.85. The minimum absolute atomic E-state index is 0.0648. The first kappa shape index (κ1) is 18.9. The number of carbonyl (C=O) groups excluding carboxylic acids is 1. The van der Waals surface area contributed by atoms with E-state index < -0.39 is 9.84 Å². The van der Waals surface area contributed by atoms with Crippen LogP contribution in [0.3, 0.4) is 0 Å². The predicted molar refractivity (Wildman–Crippen MR) is 102 cm³/mol. The summed E-state index contributed by atoms with van der Waals surface area (Å²) in [6.07, 6.45) is 1.32. The molecule has 9 heteroatoms. The first-order valence-electron chi connectivity index (χ1n) is 8.59. The summed E-state index contributed by atoms with van der Waals surface area (Å²) in [5, 5.41) is 7.54. The molecule has 1 atom stereocenters. The summed E-state index contributed by atoms with van der Waals surface area (Å²) in [6.45, 7) is 2.56. The quantitative estimate of drug-likeness (QED) is 0.722. The van der Waals surface area contributed by atoms with Crippen molar-refractivity contribution in [3.8, 4) is 11.4 Å². The predicted octanol–water partition coefficient (Wildman–Crippen LogP) is 1.99. The molecule has 1 aliphatic rings. The molecule has 26 heavy (non-hydrogen) atoms. The van der Waals surface area contributed by atoms with Crippen molar-refractivity contribution in [2.75, 3.05) is 23.8 Å². The number of nitrogens with zero attached hydrogens (tertiary/aromatic N) is 3. The van der Waals surface area contributed by atoms with Gasteiger partial charge in [0.1, 0.15) is 0 Å². The number of rotatable bonds is 7. The van der Waals surface area contributed by atoms with E-state index in [4.69, 9.17) is 0 Å². The molecule has 3 rings (SSSR count). The fourth-order valence-corrected chi connectivity index (χ4v) is 5.43. The summed E-state index contributed by atoms with van der Waals surface area (Å²) in [5.41, 5.74) is 0.932. The maximum Gasteiger partial charge on any atom is 0.233 e. The fourth-order valence-electron chi connectivity index (χ4n) is 3.02. The van der Waals surface area contributed by atoms with Gasteiger partial charge in [0.15, 0.2) is 15.7 Å². The zero-order valence-corrected chi connectivity index (χ0v) is 16.2. The second kappa shape index (κ2) is 8.22. The largest absolute Gasteiger partial charge is 0.338 e. The zero-order chi connectivity index (χ0) is 18.6. The lowest BCUT2D eigenvalue weighted by Crippen LogP contribution is -2.42. The van der Waals surface area contributed by atoms with Gasteiger partial charge in [0.05, 0.1) is 17.3 Å². The number of hydrogen-bond acceptors (Lipinski definition) is 6. The van der Waals surface area contributed by atoms with Crippen LogP contribution in [0.5, 0.6) is 0 Å².